The van der Waals surface area contributed by atoms with Gasteiger partial charge in [0, 0.05) is 23.1 Å². The van der Waals surface area contributed by atoms with Gasteiger partial charge in [0.1, 0.15) is 5.54 Å². The lowest BCUT2D eigenvalue weighted by Gasteiger charge is -2.40. The fraction of sp³-hybridized carbons (Fsp3) is 0.125. The summed E-state index contributed by atoms with van der Waals surface area (Å²) in [6.45, 7) is 0.762. The number of hydrogen-bond acceptors (Lipinski definition) is 2. The largest absolute Gasteiger partial charge is 0.478 e. The predicted molar refractivity (Wildman–Crippen MR) is 110 cm³/mol. The van der Waals surface area contributed by atoms with E-state index in [1.165, 1.54) is 10.9 Å². The van der Waals surface area contributed by atoms with Gasteiger partial charge in [-0.25, -0.2) is 4.79 Å². The van der Waals surface area contributed by atoms with E-state index in [9.17, 15) is 9.90 Å². The first-order valence-electron chi connectivity index (χ1n) is 9.45. The van der Waals surface area contributed by atoms with Crippen molar-refractivity contribution in [2.75, 3.05) is 6.54 Å². The Balaban J connectivity index is 1.91. The summed E-state index contributed by atoms with van der Waals surface area (Å²) in [6, 6.07) is 25.7. The van der Waals surface area contributed by atoms with Gasteiger partial charge in [0.2, 0.25) is 0 Å². The van der Waals surface area contributed by atoms with Gasteiger partial charge in [0.25, 0.3) is 0 Å². The van der Waals surface area contributed by atoms with Gasteiger partial charge < -0.3 is 10.1 Å². The molecule has 5 rings (SSSR count). The van der Waals surface area contributed by atoms with Crippen molar-refractivity contribution < 1.29 is 9.90 Å². The van der Waals surface area contributed by atoms with Crippen LogP contribution in [-0.4, -0.2) is 22.6 Å². The third-order valence-corrected chi connectivity index (χ3v) is 5.72. The molecule has 0 saturated carbocycles. The summed E-state index contributed by atoms with van der Waals surface area (Å²) in [4.78, 5) is 15.7. The molecule has 0 spiro atoms. The molecule has 1 aromatic heterocycles. The number of fused-ring (bicyclic) bond motifs is 3. The third-order valence-electron chi connectivity index (χ3n) is 5.72. The molecule has 1 unspecified atom stereocenters. The topological polar surface area (TPSA) is 65.1 Å². The van der Waals surface area contributed by atoms with Crippen LogP contribution in [0.25, 0.3) is 10.9 Å². The van der Waals surface area contributed by atoms with Gasteiger partial charge in [-0.2, -0.15) is 0 Å². The second-order valence-electron chi connectivity index (χ2n) is 7.17. The van der Waals surface area contributed by atoms with E-state index in [-0.39, 0.29) is 0 Å². The molecule has 4 heteroatoms. The maximum absolute atomic E-state index is 12.1. The Bertz CT molecular complexity index is 1180. The van der Waals surface area contributed by atoms with Crippen LogP contribution in [0.3, 0.4) is 0 Å². The van der Waals surface area contributed by atoms with Crippen LogP contribution in [0.2, 0.25) is 0 Å². The van der Waals surface area contributed by atoms with Gasteiger partial charge in [0.05, 0.1) is 5.56 Å². The maximum Gasteiger partial charge on any atom is 0.336 e. The van der Waals surface area contributed by atoms with Gasteiger partial charge in [-0.3, -0.25) is 5.32 Å². The van der Waals surface area contributed by atoms with Gasteiger partial charge >= 0.3 is 5.97 Å². The van der Waals surface area contributed by atoms with Crippen molar-refractivity contribution in [3.8, 4) is 0 Å². The zero-order valence-electron chi connectivity index (χ0n) is 15.3. The van der Waals surface area contributed by atoms with Crippen LogP contribution in [0.5, 0.6) is 0 Å². The van der Waals surface area contributed by atoms with Crippen LogP contribution < -0.4 is 5.32 Å². The van der Waals surface area contributed by atoms with Crippen LogP contribution in [0.4, 0.5) is 0 Å². The molecule has 0 bridgehead atoms. The Kier molecular flexibility index (Phi) is 3.81. The molecule has 0 saturated heterocycles. The average Bonchev–Trinajstić information content (AvgIpc) is 3.13. The summed E-state index contributed by atoms with van der Waals surface area (Å²) in [6.07, 6.45) is 0.892. The van der Waals surface area contributed by atoms with Gasteiger partial charge in [-0.05, 0) is 35.2 Å². The summed E-state index contributed by atoms with van der Waals surface area (Å²) in [5, 5.41) is 14.8. The first kappa shape index (κ1) is 16.8. The summed E-state index contributed by atoms with van der Waals surface area (Å²) >= 11 is 0. The van der Waals surface area contributed by atoms with Crippen molar-refractivity contribution in [3.63, 3.8) is 0 Å². The minimum atomic E-state index is -0.920. The average molecular weight is 368 g/mol. The molecule has 138 valence electrons. The molecular formula is C24H20N2O2. The number of para-hydroxylation sites is 1. The van der Waals surface area contributed by atoms with Crippen LogP contribution in [0.1, 0.15) is 32.7 Å². The number of carboxylic acid groups (broad SMARTS) is 1. The Labute approximate surface area is 162 Å². The number of rotatable bonds is 3. The summed E-state index contributed by atoms with van der Waals surface area (Å²) < 4.78 is 0. The van der Waals surface area contributed by atoms with Crippen molar-refractivity contribution >= 4 is 16.9 Å². The predicted octanol–water partition coefficient (Wildman–Crippen LogP) is 4.30. The number of hydrogen-bond donors (Lipinski definition) is 3. The number of aromatic nitrogens is 1. The van der Waals surface area contributed by atoms with Crippen LogP contribution >= 0.6 is 0 Å². The van der Waals surface area contributed by atoms with Crippen molar-refractivity contribution in [1.82, 2.24) is 10.3 Å². The van der Waals surface area contributed by atoms with E-state index in [0.717, 1.165) is 35.3 Å². The fourth-order valence-electron chi connectivity index (χ4n) is 4.56. The lowest BCUT2D eigenvalue weighted by atomic mass is 9.74. The number of aromatic amines is 1. The highest BCUT2D eigenvalue weighted by atomic mass is 16.4. The SMILES string of the molecule is O=C(O)c1ccccc1C1(c2ccccc2)NCCc2c1[nH]c1ccccc21. The Morgan fingerprint density at radius 2 is 1.61 bits per heavy atom. The first-order valence-corrected chi connectivity index (χ1v) is 9.45. The molecule has 3 aromatic carbocycles. The van der Waals surface area contributed by atoms with Gasteiger partial charge in [0.15, 0.2) is 0 Å². The van der Waals surface area contributed by atoms with E-state index in [4.69, 9.17) is 0 Å². The van der Waals surface area contributed by atoms with Crippen molar-refractivity contribution in [2.24, 2.45) is 0 Å². The normalized spacial score (nSPS) is 18.7. The van der Waals surface area contributed by atoms with E-state index >= 15 is 0 Å². The van der Waals surface area contributed by atoms with Crippen LogP contribution in [-0.2, 0) is 12.0 Å². The third kappa shape index (κ3) is 2.31. The lowest BCUT2D eigenvalue weighted by Crippen LogP contribution is -2.50. The molecule has 4 aromatic rings. The number of benzene rings is 3. The van der Waals surface area contributed by atoms with Crippen LogP contribution in [0.15, 0.2) is 78.9 Å². The van der Waals surface area contributed by atoms with E-state index in [1.54, 1.807) is 12.1 Å². The van der Waals surface area contributed by atoms with Crippen LogP contribution in [0, 0.1) is 0 Å². The molecule has 0 amide bonds. The molecular weight excluding hydrogens is 348 g/mol. The number of aromatic carboxylic acids is 1. The quantitative estimate of drug-likeness (QED) is 0.505. The second kappa shape index (κ2) is 6.36. The zero-order valence-corrected chi connectivity index (χ0v) is 15.3. The standard InChI is InChI=1S/C24H20N2O2/c27-23(28)19-11-4-6-12-20(19)24(16-8-2-1-3-9-16)22-18(14-15-25-24)17-10-5-7-13-21(17)26-22/h1-13,25-26H,14-15H2,(H,27,28). The van der Waals surface area contributed by atoms with Gasteiger partial charge in [-0.1, -0.05) is 66.7 Å². The number of carbonyl (C=O) groups is 1. The highest BCUT2D eigenvalue weighted by Gasteiger charge is 2.43. The molecule has 1 aliphatic heterocycles. The molecule has 4 nitrogen and oxygen atoms in total. The molecule has 1 atom stereocenters. The minimum absolute atomic E-state index is 0.311. The van der Waals surface area contributed by atoms with E-state index in [0.29, 0.717) is 5.56 Å². The second-order valence-corrected chi connectivity index (χ2v) is 7.17. The van der Waals surface area contributed by atoms with E-state index in [1.807, 2.05) is 42.5 Å². The molecule has 0 radical (unpaired) electrons. The van der Waals surface area contributed by atoms with E-state index in [2.05, 4.69) is 34.6 Å². The summed E-state index contributed by atoms with van der Waals surface area (Å²) in [5.74, 6) is -0.920. The maximum atomic E-state index is 12.1. The smallest absolute Gasteiger partial charge is 0.336 e. The minimum Gasteiger partial charge on any atom is -0.478 e. The number of carboxylic acids is 1. The van der Waals surface area contributed by atoms with Crippen molar-refractivity contribution in [3.05, 3.63) is 107 Å². The Hall–Kier alpha value is -3.37. The Morgan fingerprint density at radius 1 is 0.893 bits per heavy atom. The van der Waals surface area contributed by atoms with Gasteiger partial charge in [-0.15, -0.1) is 0 Å². The monoisotopic (exact) mass is 368 g/mol. The molecule has 2 heterocycles. The van der Waals surface area contributed by atoms with Crippen molar-refractivity contribution in [2.45, 2.75) is 12.0 Å². The summed E-state index contributed by atoms with van der Waals surface area (Å²) in [5.41, 5.74) is 4.69. The fourth-order valence-corrected chi connectivity index (χ4v) is 4.56. The molecule has 1 aliphatic rings. The highest BCUT2D eigenvalue weighted by Crippen LogP contribution is 2.43. The number of nitrogens with one attached hydrogen (secondary N) is 2. The highest BCUT2D eigenvalue weighted by molar-refractivity contribution is 5.91. The van der Waals surface area contributed by atoms with E-state index < -0.39 is 11.5 Å². The zero-order chi connectivity index (χ0) is 19.1. The van der Waals surface area contributed by atoms with Crippen molar-refractivity contribution in [1.29, 1.82) is 0 Å². The molecule has 3 N–H and O–H groups in total. The molecule has 0 aliphatic carbocycles. The first-order chi connectivity index (χ1) is 13.7. The summed E-state index contributed by atoms with van der Waals surface area (Å²) in [7, 11) is 0. The molecule has 28 heavy (non-hydrogen) atoms. The lowest BCUT2D eigenvalue weighted by molar-refractivity contribution is 0.0694. The Morgan fingerprint density at radius 3 is 2.43 bits per heavy atom. The number of H-pyrrole nitrogens is 1. The molecule has 0 fully saturated rings.